The van der Waals surface area contributed by atoms with Crippen molar-refractivity contribution in [1.82, 2.24) is 5.32 Å². The molecular weight excluding hydrogens is 246 g/mol. The third-order valence-corrected chi connectivity index (χ3v) is 4.88. The van der Waals surface area contributed by atoms with Crippen LogP contribution in [0.5, 0.6) is 0 Å². The van der Waals surface area contributed by atoms with E-state index in [2.05, 4.69) is 37.4 Å². The lowest BCUT2D eigenvalue weighted by molar-refractivity contribution is 0.192. The number of hydrogen-bond donors (Lipinski definition) is 1. The predicted octanol–water partition coefficient (Wildman–Crippen LogP) is 3.74. The molecule has 2 heteroatoms. The molecule has 1 N–H and O–H groups in total. The molecule has 0 spiro atoms. The number of nitrogens with one attached hydrogen (secondary N) is 1. The van der Waals surface area contributed by atoms with E-state index < -0.39 is 0 Å². The van der Waals surface area contributed by atoms with Crippen molar-refractivity contribution in [3.63, 3.8) is 0 Å². The summed E-state index contributed by atoms with van der Waals surface area (Å²) in [6.07, 6.45) is 6.74. The van der Waals surface area contributed by atoms with Crippen LogP contribution in [-0.2, 0) is 10.2 Å². The van der Waals surface area contributed by atoms with Gasteiger partial charge >= 0.3 is 0 Å². The van der Waals surface area contributed by atoms with Crippen LogP contribution in [0.4, 0.5) is 0 Å². The zero-order valence-corrected chi connectivity index (χ0v) is 13.3. The minimum Gasteiger partial charge on any atom is -0.383 e. The first-order chi connectivity index (χ1) is 9.68. The van der Waals surface area contributed by atoms with Crippen molar-refractivity contribution < 1.29 is 4.74 Å². The fourth-order valence-electron chi connectivity index (χ4n) is 3.37. The van der Waals surface area contributed by atoms with Crippen molar-refractivity contribution in [1.29, 1.82) is 0 Å². The van der Waals surface area contributed by atoms with Crippen LogP contribution in [0.2, 0.25) is 0 Å². The van der Waals surface area contributed by atoms with E-state index >= 15 is 0 Å². The third kappa shape index (κ3) is 3.62. The maximum absolute atomic E-state index is 5.14. The van der Waals surface area contributed by atoms with Gasteiger partial charge in [0.1, 0.15) is 0 Å². The molecule has 1 saturated carbocycles. The van der Waals surface area contributed by atoms with E-state index in [0.717, 1.165) is 19.7 Å². The number of aryl methyl sites for hydroxylation is 2. The van der Waals surface area contributed by atoms with E-state index in [-0.39, 0.29) is 0 Å². The molecule has 0 bridgehead atoms. The molecule has 0 amide bonds. The maximum atomic E-state index is 5.14. The standard InChI is InChI=1S/C18H29NO/c1-15-7-8-17(13-16(15)2)18(9-5-4-6-10-18)14-19-11-12-20-3/h7-8,13,19H,4-6,9-12,14H2,1-3H3. The monoisotopic (exact) mass is 275 g/mol. The number of ether oxygens (including phenoxy) is 1. The summed E-state index contributed by atoms with van der Waals surface area (Å²) in [5.74, 6) is 0. The van der Waals surface area contributed by atoms with E-state index in [1.807, 2.05) is 0 Å². The van der Waals surface area contributed by atoms with Crippen LogP contribution in [-0.4, -0.2) is 26.8 Å². The normalized spacial score (nSPS) is 18.1. The van der Waals surface area contributed by atoms with Gasteiger partial charge in [0.15, 0.2) is 0 Å². The molecule has 2 rings (SSSR count). The van der Waals surface area contributed by atoms with Gasteiger partial charge in [-0.1, -0.05) is 37.5 Å². The lowest BCUT2D eigenvalue weighted by Crippen LogP contribution is -2.41. The van der Waals surface area contributed by atoms with Gasteiger partial charge < -0.3 is 10.1 Å². The fraction of sp³-hybridized carbons (Fsp3) is 0.667. The van der Waals surface area contributed by atoms with Crippen LogP contribution in [0.3, 0.4) is 0 Å². The maximum Gasteiger partial charge on any atom is 0.0587 e. The molecular formula is C18H29NO. The van der Waals surface area contributed by atoms with Crippen LogP contribution < -0.4 is 5.32 Å². The molecule has 0 radical (unpaired) electrons. The Morgan fingerprint density at radius 2 is 1.85 bits per heavy atom. The van der Waals surface area contributed by atoms with Gasteiger partial charge in [0, 0.05) is 25.6 Å². The molecule has 0 aliphatic heterocycles. The van der Waals surface area contributed by atoms with Crippen LogP contribution in [0.15, 0.2) is 18.2 Å². The predicted molar refractivity (Wildman–Crippen MR) is 85.4 cm³/mol. The Balaban J connectivity index is 2.14. The lowest BCUT2D eigenvalue weighted by atomic mass is 9.69. The quantitative estimate of drug-likeness (QED) is 0.799. The van der Waals surface area contributed by atoms with Crippen molar-refractivity contribution in [2.45, 2.75) is 51.4 Å². The largest absolute Gasteiger partial charge is 0.383 e. The summed E-state index contributed by atoms with van der Waals surface area (Å²) in [7, 11) is 1.77. The molecule has 1 fully saturated rings. The summed E-state index contributed by atoms with van der Waals surface area (Å²) in [6.45, 7) is 7.25. The number of benzene rings is 1. The molecule has 2 nitrogen and oxygen atoms in total. The highest BCUT2D eigenvalue weighted by molar-refractivity contribution is 5.35. The van der Waals surface area contributed by atoms with Crippen molar-refractivity contribution in [2.24, 2.45) is 0 Å². The minimum atomic E-state index is 0.338. The SMILES string of the molecule is COCCNCC1(c2ccc(C)c(C)c2)CCCCC1. The number of methoxy groups -OCH3 is 1. The summed E-state index contributed by atoms with van der Waals surface area (Å²) in [5.41, 5.74) is 4.69. The molecule has 0 heterocycles. The van der Waals surface area contributed by atoms with Crippen LogP contribution >= 0.6 is 0 Å². The topological polar surface area (TPSA) is 21.3 Å². The van der Waals surface area contributed by atoms with Gasteiger partial charge in [-0.25, -0.2) is 0 Å². The van der Waals surface area contributed by atoms with E-state index in [0.29, 0.717) is 5.41 Å². The van der Waals surface area contributed by atoms with Crippen LogP contribution in [0.1, 0.15) is 48.8 Å². The van der Waals surface area contributed by atoms with E-state index in [1.54, 1.807) is 7.11 Å². The summed E-state index contributed by atoms with van der Waals surface area (Å²) in [6, 6.07) is 7.06. The van der Waals surface area contributed by atoms with Gasteiger partial charge in [-0.05, 0) is 43.4 Å². The Morgan fingerprint density at radius 3 is 2.50 bits per heavy atom. The van der Waals surface area contributed by atoms with Gasteiger partial charge in [-0.3, -0.25) is 0 Å². The first-order valence-electron chi connectivity index (χ1n) is 7.95. The Bertz CT molecular complexity index is 421. The Labute approximate surface area is 123 Å². The lowest BCUT2D eigenvalue weighted by Gasteiger charge is -2.38. The van der Waals surface area contributed by atoms with Gasteiger partial charge in [0.25, 0.3) is 0 Å². The molecule has 0 atom stereocenters. The van der Waals surface area contributed by atoms with Crippen molar-refractivity contribution in [3.8, 4) is 0 Å². The summed E-state index contributed by atoms with van der Waals surface area (Å²) in [5, 5.41) is 3.60. The molecule has 112 valence electrons. The van der Waals surface area contributed by atoms with E-state index in [1.165, 1.54) is 48.8 Å². The van der Waals surface area contributed by atoms with E-state index in [9.17, 15) is 0 Å². The van der Waals surface area contributed by atoms with Gasteiger partial charge in [-0.15, -0.1) is 0 Å². The average Bonchev–Trinajstić information content (AvgIpc) is 2.47. The Kier molecular flexibility index (Phi) is 5.62. The van der Waals surface area contributed by atoms with E-state index in [4.69, 9.17) is 4.74 Å². The zero-order valence-electron chi connectivity index (χ0n) is 13.3. The number of hydrogen-bond acceptors (Lipinski definition) is 2. The fourth-order valence-corrected chi connectivity index (χ4v) is 3.37. The average molecular weight is 275 g/mol. The second-order valence-electron chi connectivity index (χ2n) is 6.31. The van der Waals surface area contributed by atoms with Gasteiger partial charge in [0.2, 0.25) is 0 Å². The van der Waals surface area contributed by atoms with Crippen molar-refractivity contribution >= 4 is 0 Å². The first kappa shape index (κ1) is 15.5. The molecule has 1 aromatic rings. The molecule has 0 saturated heterocycles. The summed E-state index contributed by atoms with van der Waals surface area (Å²) >= 11 is 0. The molecule has 1 aliphatic rings. The molecule has 1 aromatic carbocycles. The highest BCUT2D eigenvalue weighted by Crippen LogP contribution is 2.39. The second kappa shape index (κ2) is 7.24. The highest BCUT2D eigenvalue weighted by atomic mass is 16.5. The molecule has 20 heavy (non-hydrogen) atoms. The van der Waals surface area contributed by atoms with Gasteiger partial charge in [-0.2, -0.15) is 0 Å². The second-order valence-corrected chi connectivity index (χ2v) is 6.31. The highest BCUT2D eigenvalue weighted by Gasteiger charge is 2.33. The van der Waals surface area contributed by atoms with Crippen LogP contribution in [0, 0.1) is 13.8 Å². The Hall–Kier alpha value is -0.860. The summed E-state index contributed by atoms with van der Waals surface area (Å²) < 4.78 is 5.14. The van der Waals surface area contributed by atoms with Crippen molar-refractivity contribution in [2.75, 3.05) is 26.8 Å². The third-order valence-electron chi connectivity index (χ3n) is 4.88. The van der Waals surface area contributed by atoms with Crippen LogP contribution in [0.25, 0.3) is 0 Å². The molecule has 1 aliphatic carbocycles. The molecule has 0 aromatic heterocycles. The smallest absolute Gasteiger partial charge is 0.0587 e. The van der Waals surface area contributed by atoms with Gasteiger partial charge in [0.05, 0.1) is 6.61 Å². The Morgan fingerprint density at radius 1 is 1.10 bits per heavy atom. The minimum absolute atomic E-state index is 0.338. The van der Waals surface area contributed by atoms with Crippen molar-refractivity contribution in [3.05, 3.63) is 34.9 Å². The first-order valence-corrected chi connectivity index (χ1v) is 7.95. The summed E-state index contributed by atoms with van der Waals surface area (Å²) in [4.78, 5) is 0. The molecule has 0 unspecified atom stereocenters. The number of rotatable bonds is 6. The zero-order chi connectivity index (χ0) is 14.4.